The monoisotopic (exact) mass is 245 g/mol. The van der Waals surface area contributed by atoms with Gasteiger partial charge in [0.15, 0.2) is 0 Å². The Hall–Kier alpha value is -1.14. The molecule has 0 aliphatic heterocycles. The van der Waals surface area contributed by atoms with Gasteiger partial charge in [0.2, 0.25) is 0 Å². The van der Waals surface area contributed by atoms with E-state index in [1.54, 1.807) is 29.8 Å². The highest BCUT2D eigenvalue weighted by Gasteiger charge is 2.02. The maximum Gasteiger partial charge on any atom is 0.264 e. The Bertz CT molecular complexity index is 504. The van der Waals surface area contributed by atoms with Crippen molar-refractivity contribution in [1.82, 2.24) is 4.57 Å². The van der Waals surface area contributed by atoms with Gasteiger partial charge in [0, 0.05) is 18.3 Å². The molecule has 0 N–H and O–H groups in total. The van der Waals surface area contributed by atoms with Crippen molar-refractivity contribution in [2.75, 3.05) is 12.9 Å². The van der Waals surface area contributed by atoms with E-state index in [0.29, 0.717) is 18.5 Å². The van der Waals surface area contributed by atoms with Crippen molar-refractivity contribution in [2.24, 2.45) is 0 Å². The number of aromatic nitrogens is 1. The summed E-state index contributed by atoms with van der Waals surface area (Å²) in [6.07, 6.45) is 3.16. The Balaban J connectivity index is 2.50. The van der Waals surface area contributed by atoms with Crippen LogP contribution in [0.4, 0.5) is 0 Å². The smallest absolute Gasteiger partial charge is 0.264 e. The van der Waals surface area contributed by atoms with Gasteiger partial charge in [0.25, 0.3) is 15.7 Å². The highest BCUT2D eigenvalue weighted by molar-refractivity contribution is 7.85. The summed E-state index contributed by atoms with van der Waals surface area (Å²) in [4.78, 5) is 11.6. The normalized spacial score (nSPS) is 11.6. The zero-order valence-corrected chi connectivity index (χ0v) is 10.2. The van der Waals surface area contributed by atoms with Crippen molar-refractivity contribution in [3.63, 3.8) is 0 Å². The molecule has 0 fully saturated rings. The standard InChI is InChI=1S/C10H15NO4S/c1-9-5-3-6-11(10(9)12)7-4-8-15-16(2,13)14/h3,5-6H,4,7-8H2,1-2H3. The lowest BCUT2D eigenvalue weighted by atomic mass is 10.3. The first-order valence-corrected chi connectivity index (χ1v) is 6.72. The van der Waals surface area contributed by atoms with E-state index in [9.17, 15) is 13.2 Å². The summed E-state index contributed by atoms with van der Waals surface area (Å²) in [7, 11) is -3.38. The molecular formula is C10H15NO4S. The lowest BCUT2D eigenvalue weighted by molar-refractivity contribution is 0.306. The molecule has 1 rings (SSSR count). The SMILES string of the molecule is Cc1cccn(CCCOS(C)(=O)=O)c1=O. The summed E-state index contributed by atoms with van der Waals surface area (Å²) in [5.74, 6) is 0. The Morgan fingerprint density at radius 1 is 1.44 bits per heavy atom. The fourth-order valence-electron chi connectivity index (χ4n) is 1.28. The highest BCUT2D eigenvalue weighted by Crippen LogP contribution is 1.94. The van der Waals surface area contributed by atoms with Gasteiger partial charge in [-0.25, -0.2) is 0 Å². The summed E-state index contributed by atoms with van der Waals surface area (Å²) in [6.45, 7) is 2.29. The van der Waals surface area contributed by atoms with Crippen LogP contribution in [0, 0.1) is 6.92 Å². The molecule has 1 aromatic rings. The van der Waals surface area contributed by atoms with E-state index >= 15 is 0 Å². The van der Waals surface area contributed by atoms with Crippen molar-refractivity contribution in [1.29, 1.82) is 0 Å². The fraction of sp³-hybridized carbons (Fsp3) is 0.500. The van der Waals surface area contributed by atoms with Gasteiger partial charge in [-0.1, -0.05) is 6.07 Å². The van der Waals surface area contributed by atoms with E-state index in [1.165, 1.54) is 0 Å². The molecule has 0 aliphatic rings. The van der Waals surface area contributed by atoms with E-state index in [4.69, 9.17) is 0 Å². The molecule has 0 spiro atoms. The van der Waals surface area contributed by atoms with Crippen LogP contribution in [0.25, 0.3) is 0 Å². The first-order valence-electron chi connectivity index (χ1n) is 4.90. The lowest BCUT2D eigenvalue weighted by Gasteiger charge is -2.05. The summed E-state index contributed by atoms with van der Waals surface area (Å²) in [5.41, 5.74) is 0.619. The van der Waals surface area contributed by atoms with E-state index in [0.717, 1.165) is 6.26 Å². The van der Waals surface area contributed by atoms with Crippen LogP contribution < -0.4 is 5.56 Å². The fourth-order valence-corrected chi connectivity index (χ4v) is 1.70. The molecule has 0 amide bonds. The molecule has 90 valence electrons. The number of hydrogen-bond acceptors (Lipinski definition) is 4. The molecule has 0 radical (unpaired) electrons. The Morgan fingerprint density at radius 3 is 2.75 bits per heavy atom. The minimum absolute atomic E-state index is 0.0538. The van der Waals surface area contributed by atoms with Gasteiger partial charge < -0.3 is 4.57 Å². The lowest BCUT2D eigenvalue weighted by Crippen LogP contribution is -2.22. The molecule has 0 saturated heterocycles. The predicted molar refractivity (Wildman–Crippen MR) is 60.9 cm³/mol. The van der Waals surface area contributed by atoms with Gasteiger partial charge >= 0.3 is 0 Å². The van der Waals surface area contributed by atoms with Gasteiger partial charge in [-0.2, -0.15) is 8.42 Å². The minimum Gasteiger partial charge on any atom is -0.315 e. The second-order valence-corrected chi connectivity index (χ2v) is 5.21. The molecule has 0 saturated carbocycles. The zero-order valence-electron chi connectivity index (χ0n) is 9.34. The third kappa shape index (κ3) is 4.16. The third-order valence-electron chi connectivity index (χ3n) is 2.05. The van der Waals surface area contributed by atoms with Crippen LogP contribution in [0.3, 0.4) is 0 Å². The molecule has 0 bridgehead atoms. The third-order valence-corrected chi connectivity index (χ3v) is 2.65. The molecule has 0 aromatic carbocycles. The molecule has 0 unspecified atom stereocenters. The van der Waals surface area contributed by atoms with E-state index in [2.05, 4.69) is 4.18 Å². The van der Waals surface area contributed by atoms with Gasteiger partial charge in [0.1, 0.15) is 0 Å². The number of aryl methyl sites for hydroxylation is 2. The number of nitrogens with zero attached hydrogens (tertiary/aromatic N) is 1. The first kappa shape index (κ1) is 12.9. The molecule has 0 aliphatic carbocycles. The summed E-state index contributed by atoms with van der Waals surface area (Å²) >= 11 is 0. The topological polar surface area (TPSA) is 65.4 Å². The summed E-state index contributed by atoms with van der Waals surface area (Å²) in [5, 5.41) is 0. The van der Waals surface area contributed by atoms with E-state index < -0.39 is 10.1 Å². The highest BCUT2D eigenvalue weighted by atomic mass is 32.2. The van der Waals surface area contributed by atoms with Crippen LogP contribution in [-0.2, 0) is 20.8 Å². The van der Waals surface area contributed by atoms with Gasteiger partial charge in [-0.15, -0.1) is 0 Å². The van der Waals surface area contributed by atoms with Crippen LogP contribution in [-0.4, -0.2) is 25.8 Å². The Labute approximate surface area is 94.8 Å². The number of rotatable bonds is 5. The zero-order chi connectivity index (χ0) is 12.2. The van der Waals surface area contributed by atoms with Crippen LogP contribution >= 0.6 is 0 Å². The minimum atomic E-state index is -3.38. The van der Waals surface area contributed by atoms with Crippen molar-refractivity contribution in [3.8, 4) is 0 Å². The maximum atomic E-state index is 11.6. The van der Waals surface area contributed by atoms with Crippen LogP contribution in [0.15, 0.2) is 23.1 Å². The Morgan fingerprint density at radius 2 is 2.12 bits per heavy atom. The summed E-state index contributed by atoms with van der Waals surface area (Å²) in [6, 6.07) is 3.53. The van der Waals surface area contributed by atoms with Crippen molar-refractivity contribution in [2.45, 2.75) is 19.9 Å². The van der Waals surface area contributed by atoms with Crippen molar-refractivity contribution in [3.05, 3.63) is 34.2 Å². The predicted octanol–water partition coefficient (Wildman–Crippen LogP) is 0.523. The van der Waals surface area contributed by atoms with Crippen molar-refractivity contribution >= 4 is 10.1 Å². The molecule has 1 heterocycles. The molecule has 16 heavy (non-hydrogen) atoms. The average molecular weight is 245 g/mol. The Kier molecular flexibility index (Phi) is 4.26. The molecule has 1 aromatic heterocycles. The maximum absolute atomic E-state index is 11.6. The van der Waals surface area contributed by atoms with Gasteiger partial charge in [0.05, 0.1) is 12.9 Å². The van der Waals surface area contributed by atoms with Crippen LogP contribution in [0.1, 0.15) is 12.0 Å². The second-order valence-electron chi connectivity index (χ2n) is 3.57. The number of hydrogen-bond donors (Lipinski definition) is 0. The van der Waals surface area contributed by atoms with Gasteiger partial charge in [-0.3, -0.25) is 8.98 Å². The largest absolute Gasteiger partial charge is 0.315 e. The van der Waals surface area contributed by atoms with E-state index in [-0.39, 0.29) is 12.2 Å². The molecule has 5 nitrogen and oxygen atoms in total. The quantitative estimate of drug-likeness (QED) is 0.560. The number of pyridine rings is 1. The first-order chi connectivity index (χ1) is 7.40. The second kappa shape index (κ2) is 5.27. The van der Waals surface area contributed by atoms with Crippen molar-refractivity contribution < 1.29 is 12.6 Å². The van der Waals surface area contributed by atoms with Crippen LogP contribution in [0.2, 0.25) is 0 Å². The average Bonchev–Trinajstić information content (AvgIpc) is 2.17. The van der Waals surface area contributed by atoms with Gasteiger partial charge in [-0.05, 0) is 19.4 Å². The molecular weight excluding hydrogens is 230 g/mol. The molecule has 0 atom stereocenters. The molecule has 6 heteroatoms. The summed E-state index contributed by atoms with van der Waals surface area (Å²) < 4.78 is 27.5. The van der Waals surface area contributed by atoms with Crippen LogP contribution in [0.5, 0.6) is 0 Å². The van der Waals surface area contributed by atoms with E-state index in [1.807, 2.05) is 0 Å².